The van der Waals surface area contributed by atoms with Gasteiger partial charge in [-0.25, -0.2) is 0 Å². The number of rotatable bonds is 2. The van der Waals surface area contributed by atoms with E-state index in [4.69, 9.17) is 0 Å². The van der Waals surface area contributed by atoms with Crippen molar-refractivity contribution in [2.75, 3.05) is 5.32 Å². The molecule has 0 amide bonds. The molecule has 0 saturated heterocycles. The molecule has 0 unspecified atom stereocenters. The Morgan fingerprint density at radius 2 is 1.88 bits per heavy atom. The molecule has 0 saturated carbocycles. The van der Waals surface area contributed by atoms with Crippen molar-refractivity contribution >= 4 is 11.7 Å². The maximum absolute atomic E-state index is 11.6. The van der Waals surface area contributed by atoms with Crippen LogP contribution in [0.25, 0.3) is 0 Å². The minimum Gasteiger partial charge on any atom is -0.545 e. The molecule has 3 atom stereocenters. The minimum absolute atomic E-state index is 0.125. The number of carbonyl (C=O) groups is 1. The highest BCUT2D eigenvalue weighted by atomic mass is 16.4. The molecule has 1 aliphatic heterocycles. The molecular formula is C21H20NO2-. The summed E-state index contributed by atoms with van der Waals surface area (Å²) in [5, 5.41) is 15.2. The molecule has 0 spiro atoms. The summed E-state index contributed by atoms with van der Waals surface area (Å²) in [6.07, 6.45) is 5.29. The molecule has 1 heterocycles. The van der Waals surface area contributed by atoms with E-state index >= 15 is 0 Å². The van der Waals surface area contributed by atoms with Crippen molar-refractivity contribution in [3.05, 3.63) is 76.4 Å². The predicted octanol–water partition coefficient (Wildman–Crippen LogP) is 3.49. The maximum atomic E-state index is 11.6. The summed E-state index contributed by atoms with van der Waals surface area (Å²) in [4.78, 5) is 11.6. The number of carbonyl (C=O) groups excluding carboxylic acids is 1. The van der Waals surface area contributed by atoms with Gasteiger partial charge in [0.1, 0.15) is 0 Å². The molecule has 3 nitrogen and oxygen atoms in total. The number of anilines is 1. The summed E-state index contributed by atoms with van der Waals surface area (Å²) in [5.74, 6) is -0.638. The van der Waals surface area contributed by atoms with Gasteiger partial charge in [0.25, 0.3) is 0 Å². The van der Waals surface area contributed by atoms with Crippen LogP contribution < -0.4 is 10.4 Å². The van der Waals surface area contributed by atoms with Gasteiger partial charge in [-0.3, -0.25) is 0 Å². The van der Waals surface area contributed by atoms with Crippen LogP contribution in [0.5, 0.6) is 0 Å². The second kappa shape index (κ2) is 5.52. The van der Waals surface area contributed by atoms with Crippen LogP contribution in [-0.4, -0.2) is 5.97 Å². The Labute approximate surface area is 142 Å². The maximum Gasteiger partial charge on any atom is 0.0719 e. The summed E-state index contributed by atoms with van der Waals surface area (Å²) in [7, 11) is 0. The number of hydrogen-bond donors (Lipinski definition) is 1. The van der Waals surface area contributed by atoms with Gasteiger partial charge >= 0.3 is 0 Å². The fourth-order valence-electron chi connectivity index (χ4n) is 4.14. The van der Waals surface area contributed by atoms with E-state index in [1.165, 1.54) is 11.1 Å². The summed E-state index contributed by atoms with van der Waals surface area (Å²) in [5.41, 5.74) is 5.72. The number of nitrogens with one attached hydrogen (secondary N) is 1. The molecule has 0 aromatic heterocycles. The first kappa shape index (κ1) is 15.0. The number of aromatic carboxylic acids is 1. The summed E-state index contributed by atoms with van der Waals surface area (Å²) < 4.78 is 0. The summed E-state index contributed by atoms with van der Waals surface area (Å²) in [6.45, 7) is 4.11. The Hall–Kier alpha value is -2.55. The molecule has 2 aromatic rings. The number of hydrogen-bond acceptors (Lipinski definition) is 3. The van der Waals surface area contributed by atoms with Crippen LogP contribution in [0.1, 0.15) is 51.0 Å². The van der Waals surface area contributed by atoms with E-state index in [0.29, 0.717) is 11.5 Å². The highest BCUT2D eigenvalue weighted by molar-refractivity contribution is 5.91. The Kier molecular flexibility index (Phi) is 3.45. The van der Waals surface area contributed by atoms with Crippen LogP contribution in [0.4, 0.5) is 5.69 Å². The fraction of sp³-hybridized carbons (Fsp3) is 0.286. The largest absolute Gasteiger partial charge is 0.545 e. The van der Waals surface area contributed by atoms with Gasteiger partial charge in [0.15, 0.2) is 0 Å². The van der Waals surface area contributed by atoms with Crippen LogP contribution in [0, 0.1) is 19.8 Å². The lowest BCUT2D eigenvalue weighted by Crippen LogP contribution is -2.33. The topological polar surface area (TPSA) is 52.2 Å². The first-order chi connectivity index (χ1) is 11.6. The predicted molar refractivity (Wildman–Crippen MR) is 93.0 cm³/mol. The van der Waals surface area contributed by atoms with E-state index < -0.39 is 5.97 Å². The second-order valence-electron chi connectivity index (χ2n) is 6.89. The van der Waals surface area contributed by atoms with E-state index in [1.807, 2.05) is 13.0 Å². The van der Waals surface area contributed by atoms with E-state index in [2.05, 4.69) is 48.7 Å². The third-order valence-electron chi connectivity index (χ3n) is 5.38. The van der Waals surface area contributed by atoms with Gasteiger partial charge < -0.3 is 15.2 Å². The zero-order chi connectivity index (χ0) is 16.8. The molecule has 0 bridgehead atoms. The van der Waals surface area contributed by atoms with Gasteiger partial charge in [0, 0.05) is 17.2 Å². The van der Waals surface area contributed by atoms with Crippen molar-refractivity contribution < 1.29 is 9.90 Å². The smallest absolute Gasteiger partial charge is 0.0719 e. The van der Waals surface area contributed by atoms with Crippen LogP contribution >= 0.6 is 0 Å². The Balaban J connectivity index is 1.86. The van der Waals surface area contributed by atoms with Gasteiger partial charge in [-0.15, -0.1) is 0 Å². The summed E-state index contributed by atoms with van der Waals surface area (Å²) >= 11 is 0. The number of carboxylic acid groups (broad SMARTS) is 1. The van der Waals surface area contributed by atoms with Crippen molar-refractivity contribution in [3.63, 3.8) is 0 Å². The Morgan fingerprint density at radius 1 is 1.12 bits per heavy atom. The van der Waals surface area contributed by atoms with Crippen molar-refractivity contribution in [2.24, 2.45) is 5.92 Å². The number of benzene rings is 2. The molecule has 4 rings (SSSR count). The average molecular weight is 318 g/mol. The lowest BCUT2D eigenvalue weighted by Gasteiger charge is -2.39. The average Bonchev–Trinajstić information content (AvgIpc) is 3.05. The lowest BCUT2D eigenvalue weighted by atomic mass is 9.74. The fourth-order valence-corrected chi connectivity index (χ4v) is 4.14. The van der Waals surface area contributed by atoms with E-state index in [-0.39, 0.29) is 12.0 Å². The van der Waals surface area contributed by atoms with Crippen molar-refractivity contribution in [1.82, 2.24) is 0 Å². The molecule has 24 heavy (non-hydrogen) atoms. The van der Waals surface area contributed by atoms with E-state index in [0.717, 1.165) is 23.2 Å². The van der Waals surface area contributed by atoms with Crippen LogP contribution in [-0.2, 0) is 0 Å². The summed E-state index contributed by atoms with van der Waals surface area (Å²) in [6, 6.07) is 12.3. The number of fused-ring (bicyclic) bond motifs is 3. The van der Waals surface area contributed by atoms with Gasteiger partial charge in [0.2, 0.25) is 0 Å². The molecule has 2 aliphatic rings. The highest BCUT2D eigenvalue weighted by Crippen LogP contribution is 2.51. The molecule has 122 valence electrons. The van der Waals surface area contributed by atoms with Crippen LogP contribution in [0.3, 0.4) is 0 Å². The molecule has 1 N–H and O–H groups in total. The van der Waals surface area contributed by atoms with Crippen molar-refractivity contribution in [3.8, 4) is 0 Å². The first-order valence-electron chi connectivity index (χ1n) is 8.41. The van der Waals surface area contributed by atoms with Crippen LogP contribution in [0.2, 0.25) is 0 Å². The van der Waals surface area contributed by atoms with Gasteiger partial charge in [0.05, 0.1) is 12.0 Å². The zero-order valence-corrected chi connectivity index (χ0v) is 13.9. The Bertz CT molecular complexity index is 836. The number of aryl methyl sites for hydroxylation is 2. The van der Waals surface area contributed by atoms with E-state index in [9.17, 15) is 9.90 Å². The molecular weight excluding hydrogens is 298 g/mol. The standard InChI is InChI=1S/C21H21NO2/c1-12-6-9-14(10-7-12)20-16-5-3-4-15(16)18-17(21(23)24)11-8-13(2)19(18)22-20/h3-4,6-11,15-16,20,22H,5H2,1-2H3,(H,23,24)/p-1/t15-,16-,20-/m1/s1. The highest BCUT2D eigenvalue weighted by Gasteiger charge is 2.39. The molecule has 1 aliphatic carbocycles. The minimum atomic E-state index is -1.10. The quantitative estimate of drug-likeness (QED) is 0.862. The second-order valence-corrected chi connectivity index (χ2v) is 6.89. The monoisotopic (exact) mass is 318 g/mol. The third kappa shape index (κ3) is 2.23. The van der Waals surface area contributed by atoms with Gasteiger partial charge in [-0.05, 0) is 42.9 Å². The lowest BCUT2D eigenvalue weighted by molar-refractivity contribution is -0.255. The SMILES string of the molecule is Cc1ccc([C@H]2Nc3c(C)ccc(C(=O)[O-])c3[C@@H]3C=CC[C@@H]23)cc1. The molecule has 3 heteroatoms. The zero-order valence-electron chi connectivity index (χ0n) is 13.9. The van der Waals surface area contributed by atoms with Crippen molar-refractivity contribution in [2.45, 2.75) is 32.2 Å². The number of carboxylic acids is 1. The van der Waals surface area contributed by atoms with Crippen LogP contribution in [0.15, 0.2) is 48.6 Å². The van der Waals surface area contributed by atoms with Gasteiger partial charge in [-0.1, -0.05) is 54.1 Å². The van der Waals surface area contributed by atoms with Gasteiger partial charge in [-0.2, -0.15) is 0 Å². The van der Waals surface area contributed by atoms with Crippen molar-refractivity contribution in [1.29, 1.82) is 0 Å². The Morgan fingerprint density at radius 3 is 2.58 bits per heavy atom. The third-order valence-corrected chi connectivity index (χ3v) is 5.38. The number of allylic oxidation sites excluding steroid dienone is 2. The van der Waals surface area contributed by atoms with E-state index in [1.54, 1.807) is 6.07 Å². The molecule has 0 radical (unpaired) electrons. The normalized spacial score (nSPS) is 24.2. The first-order valence-corrected chi connectivity index (χ1v) is 8.41. The molecule has 0 fully saturated rings. The molecule has 2 aromatic carbocycles.